The number of nitrogens with two attached hydrogens (primary N) is 1. The van der Waals surface area contributed by atoms with Crippen LogP contribution in [0.1, 0.15) is 20.3 Å². The smallest absolute Gasteiger partial charge is 0.328 e. The van der Waals surface area contributed by atoms with Crippen LogP contribution in [0.15, 0.2) is 0 Å². The molecule has 0 bridgehead atoms. The summed E-state index contributed by atoms with van der Waals surface area (Å²) in [5.41, 5.74) is 4.87. The molecule has 0 saturated carbocycles. The molecule has 0 spiro atoms. The van der Waals surface area contributed by atoms with Gasteiger partial charge >= 0.3 is 5.97 Å². The zero-order valence-corrected chi connectivity index (χ0v) is 7.50. The van der Waals surface area contributed by atoms with Gasteiger partial charge in [0, 0.05) is 6.42 Å². The molecule has 1 aliphatic rings. The molecule has 0 radical (unpaired) electrons. The number of hydrogen-bond donors (Lipinski definition) is 1. The van der Waals surface area contributed by atoms with Gasteiger partial charge in [-0.1, -0.05) is 0 Å². The van der Waals surface area contributed by atoms with Crippen molar-refractivity contribution in [1.29, 1.82) is 0 Å². The minimum Gasteiger partial charge on any atom is -0.465 e. The van der Waals surface area contributed by atoms with E-state index >= 15 is 0 Å². The molecule has 0 aromatic rings. The van der Waals surface area contributed by atoms with Gasteiger partial charge in [0.1, 0.15) is 5.54 Å². The van der Waals surface area contributed by atoms with E-state index in [2.05, 4.69) is 0 Å². The lowest BCUT2D eigenvalue weighted by atomic mass is 9.98. The van der Waals surface area contributed by atoms with Gasteiger partial charge < -0.3 is 15.2 Å². The Morgan fingerprint density at radius 1 is 1.83 bits per heavy atom. The van der Waals surface area contributed by atoms with Crippen LogP contribution in [0.25, 0.3) is 0 Å². The highest BCUT2D eigenvalue weighted by Gasteiger charge is 2.42. The molecule has 1 rings (SSSR count). The van der Waals surface area contributed by atoms with Crippen LogP contribution in [0, 0.1) is 0 Å². The molecule has 0 aromatic carbocycles. The van der Waals surface area contributed by atoms with Crippen molar-refractivity contribution < 1.29 is 14.3 Å². The summed E-state index contributed by atoms with van der Waals surface area (Å²) in [6, 6.07) is 0. The molecule has 70 valence electrons. The molecule has 1 heterocycles. The number of esters is 1. The third-order valence-electron chi connectivity index (χ3n) is 1.96. The predicted octanol–water partition coefficient (Wildman–Crippen LogP) is 0.0558. The van der Waals surface area contributed by atoms with Crippen LogP contribution in [-0.4, -0.2) is 30.8 Å². The van der Waals surface area contributed by atoms with Gasteiger partial charge in [0.15, 0.2) is 0 Å². The molecule has 0 aliphatic carbocycles. The zero-order chi connectivity index (χ0) is 9.19. The van der Waals surface area contributed by atoms with Gasteiger partial charge in [-0.3, -0.25) is 0 Å². The summed E-state index contributed by atoms with van der Waals surface area (Å²) >= 11 is 0. The fourth-order valence-electron chi connectivity index (χ4n) is 1.34. The van der Waals surface area contributed by atoms with Crippen molar-refractivity contribution in [3.63, 3.8) is 0 Å². The highest BCUT2D eigenvalue weighted by atomic mass is 16.5. The first-order valence-corrected chi connectivity index (χ1v) is 4.16. The Morgan fingerprint density at radius 3 is 2.92 bits per heavy atom. The predicted molar refractivity (Wildman–Crippen MR) is 43.6 cm³/mol. The fraction of sp³-hybridized carbons (Fsp3) is 0.875. The highest BCUT2D eigenvalue weighted by Crippen LogP contribution is 2.22. The second-order valence-electron chi connectivity index (χ2n) is 3.20. The average Bonchev–Trinajstić information content (AvgIpc) is 2.33. The molecule has 12 heavy (non-hydrogen) atoms. The second kappa shape index (κ2) is 3.41. The third kappa shape index (κ3) is 1.76. The van der Waals surface area contributed by atoms with E-state index in [1.165, 1.54) is 0 Å². The Balaban J connectivity index is 2.54. The Labute approximate surface area is 72.0 Å². The molecule has 1 aliphatic heterocycles. The SMILES string of the molecule is CCOC(=O)C1(N)COC(C)C1. The van der Waals surface area contributed by atoms with Crippen LogP contribution in [0.2, 0.25) is 0 Å². The first kappa shape index (κ1) is 9.48. The van der Waals surface area contributed by atoms with E-state index in [0.717, 1.165) is 0 Å². The number of ether oxygens (including phenoxy) is 2. The number of rotatable bonds is 2. The summed E-state index contributed by atoms with van der Waals surface area (Å²) in [4.78, 5) is 11.3. The van der Waals surface area contributed by atoms with E-state index in [-0.39, 0.29) is 18.7 Å². The molecule has 4 nitrogen and oxygen atoms in total. The Morgan fingerprint density at radius 2 is 2.50 bits per heavy atom. The first-order valence-electron chi connectivity index (χ1n) is 4.16. The van der Waals surface area contributed by atoms with Crippen molar-refractivity contribution in [2.75, 3.05) is 13.2 Å². The zero-order valence-electron chi connectivity index (χ0n) is 7.50. The molecular weight excluding hydrogens is 158 g/mol. The summed E-state index contributed by atoms with van der Waals surface area (Å²) < 4.78 is 10.0. The van der Waals surface area contributed by atoms with E-state index in [4.69, 9.17) is 15.2 Å². The van der Waals surface area contributed by atoms with E-state index in [9.17, 15) is 4.79 Å². The van der Waals surface area contributed by atoms with Crippen molar-refractivity contribution in [3.05, 3.63) is 0 Å². The molecular formula is C8H15NO3. The lowest BCUT2D eigenvalue weighted by Gasteiger charge is -2.18. The standard InChI is InChI=1S/C8H15NO3/c1-3-11-7(10)8(9)4-6(2)12-5-8/h6H,3-5,9H2,1-2H3. The van der Waals surface area contributed by atoms with E-state index < -0.39 is 5.54 Å². The topological polar surface area (TPSA) is 61.5 Å². The molecule has 2 N–H and O–H groups in total. The lowest BCUT2D eigenvalue weighted by Crippen LogP contribution is -2.49. The van der Waals surface area contributed by atoms with Crippen LogP contribution in [0.4, 0.5) is 0 Å². The van der Waals surface area contributed by atoms with Crippen LogP contribution in [-0.2, 0) is 14.3 Å². The van der Waals surface area contributed by atoms with Gasteiger partial charge in [-0.05, 0) is 13.8 Å². The fourth-order valence-corrected chi connectivity index (χ4v) is 1.34. The second-order valence-corrected chi connectivity index (χ2v) is 3.20. The van der Waals surface area contributed by atoms with Gasteiger partial charge in [-0.15, -0.1) is 0 Å². The summed E-state index contributed by atoms with van der Waals surface area (Å²) in [6.45, 7) is 4.30. The van der Waals surface area contributed by atoms with E-state index in [1.807, 2.05) is 6.92 Å². The van der Waals surface area contributed by atoms with E-state index in [0.29, 0.717) is 13.0 Å². The summed E-state index contributed by atoms with van der Waals surface area (Å²) in [6.07, 6.45) is 0.602. The Bertz CT molecular complexity index is 183. The first-order chi connectivity index (χ1) is 5.58. The largest absolute Gasteiger partial charge is 0.465 e. The molecule has 4 heteroatoms. The summed E-state index contributed by atoms with van der Waals surface area (Å²) in [5, 5.41) is 0. The number of carbonyl (C=O) groups is 1. The van der Waals surface area contributed by atoms with Gasteiger partial charge in [0.2, 0.25) is 0 Å². The normalized spacial score (nSPS) is 35.1. The van der Waals surface area contributed by atoms with Gasteiger partial charge in [-0.2, -0.15) is 0 Å². The summed E-state index contributed by atoms with van der Waals surface area (Å²) in [5.74, 6) is -0.352. The minimum absolute atomic E-state index is 0.0550. The molecule has 2 atom stereocenters. The maximum atomic E-state index is 11.3. The monoisotopic (exact) mass is 173 g/mol. The van der Waals surface area contributed by atoms with Gasteiger partial charge in [0.25, 0.3) is 0 Å². The van der Waals surface area contributed by atoms with E-state index in [1.54, 1.807) is 6.92 Å². The van der Waals surface area contributed by atoms with Crippen LogP contribution < -0.4 is 5.73 Å². The maximum Gasteiger partial charge on any atom is 0.328 e. The number of carbonyl (C=O) groups excluding carboxylic acids is 1. The molecule has 2 unspecified atom stereocenters. The highest BCUT2D eigenvalue weighted by molar-refractivity contribution is 5.81. The Hall–Kier alpha value is -0.610. The minimum atomic E-state index is -0.907. The van der Waals surface area contributed by atoms with Crippen LogP contribution in [0.3, 0.4) is 0 Å². The van der Waals surface area contributed by atoms with Crippen molar-refractivity contribution in [2.45, 2.75) is 31.9 Å². The maximum absolute atomic E-state index is 11.3. The number of hydrogen-bond acceptors (Lipinski definition) is 4. The Kier molecular flexibility index (Phi) is 2.69. The summed E-state index contributed by atoms with van der Waals surface area (Å²) in [7, 11) is 0. The van der Waals surface area contributed by atoms with Crippen LogP contribution in [0.5, 0.6) is 0 Å². The van der Waals surface area contributed by atoms with Crippen molar-refractivity contribution in [1.82, 2.24) is 0 Å². The van der Waals surface area contributed by atoms with Gasteiger partial charge in [0.05, 0.1) is 19.3 Å². The molecule has 1 saturated heterocycles. The van der Waals surface area contributed by atoms with Crippen molar-refractivity contribution >= 4 is 5.97 Å². The van der Waals surface area contributed by atoms with Crippen molar-refractivity contribution in [3.8, 4) is 0 Å². The average molecular weight is 173 g/mol. The third-order valence-corrected chi connectivity index (χ3v) is 1.96. The molecule has 0 amide bonds. The van der Waals surface area contributed by atoms with Gasteiger partial charge in [-0.25, -0.2) is 4.79 Å². The lowest BCUT2D eigenvalue weighted by molar-refractivity contribution is -0.149. The molecule has 1 fully saturated rings. The van der Waals surface area contributed by atoms with Crippen molar-refractivity contribution in [2.24, 2.45) is 5.73 Å². The van der Waals surface area contributed by atoms with Crippen LogP contribution >= 0.6 is 0 Å². The quantitative estimate of drug-likeness (QED) is 0.600. The molecule has 0 aromatic heterocycles.